The molecule has 5 nitrogen and oxygen atoms in total. The van der Waals surface area contributed by atoms with Gasteiger partial charge in [0.1, 0.15) is 11.6 Å². The summed E-state index contributed by atoms with van der Waals surface area (Å²) in [6.45, 7) is 7.02. The van der Waals surface area contributed by atoms with Crippen molar-refractivity contribution in [1.82, 2.24) is 10.6 Å². The van der Waals surface area contributed by atoms with Gasteiger partial charge in [-0.1, -0.05) is 27.2 Å². The minimum absolute atomic E-state index is 0.00382. The van der Waals surface area contributed by atoms with Gasteiger partial charge in [-0.3, -0.25) is 4.79 Å². The number of hydrogen-bond donors (Lipinski definition) is 4. The van der Waals surface area contributed by atoms with E-state index in [0.29, 0.717) is 31.4 Å². The number of aliphatic hydroxyl groups excluding tert-OH is 1. The van der Waals surface area contributed by atoms with Crippen LogP contribution < -0.4 is 10.6 Å². The van der Waals surface area contributed by atoms with Crippen LogP contribution in [-0.2, 0) is 11.2 Å². The Morgan fingerprint density at radius 3 is 2.50 bits per heavy atom. The van der Waals surface area contributed by atoms with Crippen molar-refractivity contribution in [2.75, 3.05) is 13.6 Å². The molecule has 1 fully saturated rings. The van der Waals surface area contributed by atoms with E-state index in [1.54, 1.807) is 0 Å². The zero-order valence-corrected chi connectivity index (χ0v) is 18.5. The standard InChI is InChI=1S/C23H36F2N2O3/c1-22(2,3)6-5-7-23(30)8-9-27-19(14-23)20(28)18(21(29)26-4)12-15-10-16(24)13-17(25)11-15/h10-11,13,18-20,27-28,30H,5-9,12,14H2,1-4H3,(H,26,29). The predicted octanol–water partition coefficient (Wildman–Crippen LogP) is 2.93. The van der Waals surface area contributed by atoms with Gasteiger partial charge in [0.15, 0.2) is 0 Å². The van der Waals surface area contributed by atoms with Gasteiger partial charge in [-0.15, -0.1) is 0 Å². The first-order chi connectivity index (χ1) is 13.9. The van der Waals surface area contributed by atoms with Gasteiger partial charge in [0.25, 0.3) is 0 Å². The number of aliphatic hydroxyl groups is 2. The van der Waals surface area contributed by atoms with Crippen LogP contribution in [0.15, 0.2) is 18.2 Å². The third kappa shape index (κ3) is 7.29. The van der Waals surface area contributed by atoms with Crippen LogP contribution in [0.4, 0.5) is 8.78 Å². The number of amides is 1. The van der Waals surface area contributed by atoms with Gasteiger partial charge < -0.3 is 20.8 Å². The lowest BCUT2D eigenvalue weighted by molar-refractivity contribution is -0.130. The predicted molar refractivity (Wildman–Crippen MR) is 113 cm³/mol. The van der Waals surface area contributed by atoms with Gasteiger partial charge in [-0.05, 0) is 61.8 Å². The minimum Gasteiger partial charge on any atom is -0.391 e. The van der Waals surface area contributed by atoms with Crippen LogP contribution >= 0.6 is 0 Å². The summed E-state index contributed by atoms with van der Waals surface area (Å²) in [6, 6.07) is 2.63. The van der Waals surface area contributed by atoms with E-state index in [1.165, 1.54) is 19.2 Å². The topological polar surface area (TPSA) is 81.6 Å². The zero-order valence-electron chi connectivity index (χ0n) is 18.5. The van der Waals surface area contributed by atoms with Gasteiger partial charge in [-0.2, -0.15) is 0 Å². The van der Waals surface area contributed by atoms with E-state index in [-0.39, 0.29) is 11.8 Å². The number of piperidine rings is 1. The molecule has 4 unspecified atom stereocenters. The highest BCUT2D eigenvalue weighted by molar-refractivity contribution is 5.79. The fraction of sp³-hybridized carbons (Fsp3) is 0.696. The molecule has 1 saturated heterocycles. The highest BCUT2D eigenvalue weighted by Gasteiger charge is 2.40. The van der Waals surface area contributed by atoms with Gasteiger partial charge in [0, 0.05) is 19.2 Å². The van der Waals surface area contributed by atoms with Crippen molar-refractivity contribution in [3.05, 3.63) is 35.4 Å². The molecule has 0 radical (unpaired) electrons. The fourth-order valence-electron chi connectivity index (χ4n) is 4.31. The summed E-state index contributed by atoms with van der Waals surface area (Å²) < 4.78 is 27.1. The first-order valence-electron chi connectivity index (χ1n) is 10.7. The highest BCUT2D eigenvalue weighted by atomic mass is 19.1. The molecule has 1 amide bonds. The molecule has 4 atom stereocenters. The maximum absolute atomic E-state index is 13.6. The maximum Gasteiger partial charge on any atom is 0.225 e. The Morgan fingerprint density at radius 2 is 1.93 bits per heavy atom. The van der Waals surface area contributed by atoms with Crippen molar-refractivity contribution in [3.63, 3.8) is 0 Å². The Balaban J connectivity index is 2.10. The number of carbonyl (C=O) groups excluding carboxylic acids is 1. The van der Waals surface area contributed by atoms with E-state index in [9.17, 15) is 23.8 Å². The van der Waals surface area contributed by atoms with Crippen molar-refractivity contribution in [3.8, 4) is 0 Å². The molecule has 30 heavy (non-hydrogen) atoms. The Morgan fingerprint density at radius 1 is 1.30 bits per heavy atom. The van der Waals surface area contributed by atoms with Crippen LogP contribution in [0.5, 0.6) is 0 Å². The van der Waals surface area contributed by atoms with E-state index in [0.717, 1.165) is 18.9 Å². The molecule has 7 heteroatoms. The number of carbonyl (C=O) groups is 1. The van der Waals surface area contributed by atoms with Crippen molar-refractivity contribution < 1.29 is 23.8 Å². The minimum atomic E-state index is -1.11. The summed E-state index contributed by atoms with van der Waals surface area (Å²) in [5, 5.41) is 27.8. The summed E-state index contributed by atoms with van der Waals surface area (Å²) in [5.74, 6) is -2.75. The molecular weight excluding hydrogens is 390 g/mol. The van der Waals surface area contributed by atoms with E-state index in [4.69, 9.17) is 0 Å². The van der Waals surface area contributed by atoms with Crippen LogP contribution in [0.2, 0.25) is 0 Å². The molecule has 170 valence electrons. The summed E-state index contributed by atoms with van der Waals surface area (Å²) in [6.07, 6.45) is 2.30. The molecule has 1 aliphatic heterocycles. The average Bonchev–Trinajstić information content (AvgIpc) is 2.63. The van der Waals surface area contributed by atoms with Crippen LogP contribution in [0.3, 0.4) is 0 Å². The van der Waals surface area contributed by atoms with E-state index < -0.39 is 41.2 Å². The monoisotopic (exact) mass is 426 g/mol. The molecule has 1 aromatic carbocycles. The van der Waals surface area contributed by atoms with Crippen LogP contribution in [0.1, 0.15) is 58.4 Å². The van der Waals surface area contributed by atoms with Crippen LogP contribution in [-0.4, -0.2) is 47.5 Å². The summed E-state index contributed by atoms with van der Waals surface area (Å²) >= 11 is 0. The van der Waals surface area contributed by atoms with Crippen LogP contribution in [0.25, 0.3) is 0 Å². The van der Waals surface area contributed by atoms with E-state index >= 15 is 0 Å². The molecule has 1 heterocycles. The number of nitrogens with one attached hydrogen (secondary N) is 2. The number of hydrogen-bond acceptors (Lipinski definition) is 4. The third-order valence-corrected chi connectivity index (χ3v) is 5.95. The Kier molecular flexibility index (Phi) is 8.36. The Hall–Kier alpha value is -1.57. The lowest BCUT2D eigenvalue weighted by atomic mass is 9.77. The van der Waals surface area contributed by atoms with Crippen molar-refractivity contribution >= 4 is 5.91 Å². The lowest BCUT2D eigenvalue weighted by Crippen LogP contribution is -2.56. The van der Waals surface area contributed by atoms with Crippen molar-refractivity contribution in [1.29, 1.82) is 0 Å². The lowest BCUT2D eigenvalue weighted by Gasteiger charge is -2.41. The second-order valence-electron chi connectivity index (χ2n) is 9.85. The number of benzene rings is 1. The summed E-state index contributed by atoms with van der Waals surface area (Å²) in [5.41, 5.74) is -0.413. The quantitative estimate of drug-likeness (QED) is 0.515. The summed E-state index contributed by atoms with van der Waals surface area (Å²) in [4.78, 5) is 12.5. The van der Waals surface area contributed by atoms with Crippen molar-refractivity contribution in [2.24, 2.45) is 11.3 Å². The molecule has 1 aromatic rings. The molecule has 0 aliphatic carbocycles. The largest absolute Gasteiger partial charge is 0.391 e. The first-order valence-corrected chi connectivity index (χ1v) is 10.7. The SMILES string of the molecule is CNC(=O)C(Cc1cc(F)cc(F)c1)C(O)C1CC(O)(CCCC(C)(C)C)CCN1. The summed E-state index contributed by atoms with van der Waals surface area (Å²) in [7, 11) is 1.46. The van der Waals surface area contributed by atoms with Crippen molar-refractivity contribution in [2.45, 2.75) is 77.0 Å². The highest BCUT2D eigenvalue weighted by Crippen LogP contribution is 2.32. The number of rotatable bonds is 8. The third-order valence-electron chi connectivity index (χ3n) is 5.95. The molecule has 2 rings (SSSR count). The molecule has 1 aliphatic rings. The van der Waals surface area contributed by atoms with Crippen LogP contribution in [0, 0.1) is 23.0 Å². The second-order valence-corrected chi connectivity index (χ2v) is 9.85. The maximum atomic E-state index is 13.6. The average molecular weight is 427 g/mol. The second kappa shape index (κ2) is 10.2. The van der Waals surface area contributed by atoms with Gasteiger partial charge >= 0.3 is 0 Å². The molecule has 0 saturated carbocycles. The molecule has 4 N–H and O–H groups in total. The molecular formula is C23H36F2N2O3. The zero-order chi connectivity index (χ0) is 22.5. The number of halogens is 2. The normalized spacial score (nSPS) is 24.3. The van der Waals surface area contributed by atoms with Gasteiger partial charge in [-0.25, -0.2) is 8.78 Å². The molecule has 0 spiro atoms. The first kappa shape index (κ1) is 24.7. The Bertz CT molecular complexity index is 703. The van der Waals surface area contributed by atoms with Gasteiger partial charge in [0.05, 0.1) is 17.6 Å². The smallest absolute Gasteiger partial charge is 0.225 e. The fourth-order valence-corrected chi connectivity index (χ4v) is 4.31. The molecule has 0 aromatic heterocycles. The van der Waals surface area contributed by atoms with E-state index in [1.807, 2.05) is 0 Å². The Labute approximate surface area is 178 Å². The van der Waals surface area contributed by atoms with Gasteiger partial charge in [0.2, 0.25) is 5.91 Å². The molecule has 0 bridgehead atoms. The van der Waals surface area contributed by atoms with E-state index in [2.05, 4.69) is 31.4 Å².